The van der Waals surface area contributed by atoms with E-state index in [4.69, 9.17) is 10.5 Å². The molecule has 4 rings (SSSR count). The number of imide groups is 1. The largest absolute Gasteiger partial charge is 0.491 e. The molecule has 1 aliphatic heterocycles. The second-order valence-electron chi connectivity index (χ2n) is 9.28. The van der Waals surface area contributed by atoms with Crippen molar-refractivity contribution in [3.63, 3.8) is 0 Å². The number of anilines is 1. The molecule has 1 aliphatic rings. The van der Waals surface area contributed by atoms with E-state index in [1.807, 2.05) is 19.1 Å². The average molecular weight is 575 g/mol. The van der Waals surface area contributed by atoms with Gasteiger partial charge in [0.05, 0.1) is 12.1 Å². The van der Waals surface area contributed by atoms with Crippen molar-refractivity contribution in [2.75, 3.05) is 32.1 Å². The summed E-state index contributed by atoms with van der Waals surface area (Å²) in [6.45, 7) is 2.71. The van der Waals surface area contributed by atoms with E-state index in [2.05, 4.69) is 20.3 Å². The topological polar surface area (TPSA) is 183 Å². The lowest BCUT2D eigenvalue weighted by Gasteiger charge is -2.19. The molecule has 218 valence electrons. The number of carbonyl (C=O) groups excluding carboxylic acids is 5. The third kappa shape index (κ3) is 6.83. The molecule has 0 spiro atoms. The normalized spacial score (nSPS) is 12.9. The third-order valence-corrected chi connectivity index (χ3v) is 6.38. The van der Waals surface area contributed by atoms with Gasteiger partial charge < -0.3 is 19.9 Å². The zero-order chi connectivity index (χ0) is 30.2. The lowest BCUT2D eigenvalue weighted by Crippen LogP contribution is -2.36. The number of aromatic nitrogens is 4. The van der Waals surface area contributed by atoms with Gasteiger partial charge in [0.1, 0.15) is 11.3 Å². The second kappa shape index (κ2) is 13.3. The highest BCUT2D eigenvalue weighted by Gasteiger charge is 2.24. The summed E-state index contributed by atoms with van der Waals surface area (Å²) in [7, 11) is 1.62. The molecular weight excluding hydrogens is 544 g/mol. The minimum atomic E-state index is -0.677. The Bertz CT molecular complexity index is 1560. The van der Waals surface area contributed by atoms with Crippen LogP contribution in [-0.4, -0.2) is 85.6 Å². The van der Waals surface area contributed by atoms with Gasteiger partial charge in [-0.05, 0) is 31.5 Å². The van der Waals surface area contributed by atoms with E-state index in [9.17, 15) is 24.0 Å². The Morgan fingerprint density at radius 1 is 1.12 bits per heavy atom. The molecule has 0 atom stereocenters. The summed E-state index contributed by atoms with van der Waals surface area (Å²) >= 11 is 0. The number of nitrogens with zero attached hydrogens (tertiary/aromatic N) is 6. The van der Waals surface area contributed by atoms with Gasteiger partial charge in [-0.1, -0.05) is 12.2 Å². The van der Waals surface area contributed by atoms with Crippen molar-refractivity contribution in [2.24, 2.45) is 5.73 Å². The number of amides is 5. The Morgan fingerprint density at radius 2 is 1.83 bits per heavy atom. The van der Waals surface area contributed by atoms with Crippen molar-refractivity contribution in [3.05, 3.63) is 66.3 Å². The van der Waals surface area contributed by atoms with E-state index >= 15 is 0 Å². The number of rotatable bonds is 13. The fraction of sp³-hybridized carbons (Fsp3) is 0.286. The first kappa shape index (κ1) is 29.6. The van der Waals surface area contributed by atoms with Crippen LogP contribution in [0.4, 0.5) is 5.95 Å². The minimum Gasteiger partial charge on any atom is -0.491 e. The molecule has 5 amide bonds. The molecule has 14 heteroatoms. The molecule has 14 nitrogen and oxygen atoms in total. The van der Waals surface area contributed by atoms with Crippen LogP contribution in [0.15, 0.2) is 54.9 Å². The lowest BCUT2D eigenvalue weighted by molar-refractivity contribution is -0.137. The van der Waals surface area contributed by atoms with Gasteiger partial charge in [0.15, 0.2) is 0 Å². The van der Waals surface area contributed by atoms with Crippen molar-refractivity contribution in [3.8, 4) is 5.75 Å². The fourth-order valence-electron chi connectivity index (χ4n) is 4.20. The van der Waals surface area contributed by atoms with Crippen LogP contribution in [0.5, 0.6) is 5.75 Å². The van der Waals surface area contributed by atoms with Crippen LogP contribution in [0.1, 0.15) is 40.7 Å². The van der Waals surface area contributed by atoms with Crippen LogP contribution < -0.4 is 15.8 Å². The van der Waals surface area contributed by atoms with Crippen molar-refractivity contribution in [1.82, 2.24) is 29.3 Å². The maximum absolute atomic E-state index is 12.8. The van der Waals surface area contributed by atoms with Gasteiger partial charge in [-0.15, -0.1) is 0 Å². The third-order valence-electron chi connectivity index (χ3n) is 6.38. The first-order valence-corrected chi connectivity index (χ1v) is 13.1. The molecule has 0 saturated heterocycles. The van der Waals surface area contributed by atoms with Gasteiger partial charge in [0, 0.05) is 63.2 Å². The molecule has 2 aromatic heterocycles. The van der Waals surface area contributed by atoms with Crippen molar-refractivity contribution in [1.29, 1.82) is 0 Å². The van der Waals surface area contributed by atoms with E-state index in [1.54, 1.807) is 17.7 Å². The molecule has 0 bridgehead atoms. The predicted octanol–water partition coefficient (Wildman–Crippen LogP) is 1.30. The van der Waals surface area contributed by atoms with Gasteiger partial charge in [-0.3, -0.25) is 34.2 Å². The highest BCUT2D eigenvalue weighted by Crippen LogP contribution is 2.31. The van der Waals surface area contributed by atoms with Gasteiger partial charge >= 0.3 is 0 Å². The molecule has 0 saturated carbocycles. The Balaban J connectivity index is 1.48. The van der Waals surface area contributed by atoms with Crippen molar-refractivity contribution < 1.29 is 28.7 Å². The molecule has 1 aromatic carbocycles. The van der Waals surface area contributed by atoms with Crippen molar-refractivity contribution in [2.45, 2.75) is 26.3 Å². The van der Waals surface area contributed by atoms with Gasteiger partial charge in [-0.2, -0.15) is 0 Å². The van der Waals surface area contributed by atoms with Gasteiger partial charge in [-0.25, -0.2) is 15.0 Å². The number of fused-ring (bicyclic) bond motifs is 1. The number of benzene rings is 1. The first-order chi connectivity index (χ1) is 20.2. The summed E-state index contributed by atoms with van der Waals surface area (Å²) in [6, 6.07) is 4.62. The molecule has 0 aliphatic carbocycles. The quantitative estimate of drug-likeness (QED) is 0.173. The SMILES string of the molecule is C/C=C/Cn1c(NC(=O)c2ncccn2)nc2cc(C(N)=O)cc(OCCCN(C)C(=O)CCN3C(=O)C=CC3=O)c21. The molecular formula is C28H30N8O6. The van der Waals surface area contributed by atoms with E-state index in [1.165, 1.54) is 41.6 Å². The first-order valence-electron chi connectivity index (χ1n) is 13.1. The predicted molar refractivity (Wildman–Crippen MR) is 151 cm³/mol. The monoisotopic (exact) mass is 574 g/mol. The van der Waals surface area contributed by atoms with E-state index in [0.29, 0.717) is 36.3 Å². The number of nitrogens with one attached hydrogen (secondary N) is 1. The number of hydrogen-bond donors (Lipinski definition) is 2. The molecule has 3 N–H and O–H groups in total. The van der Waals surface area contributed by atoms with E-state index < -0.39 is 23.6 Å². The highest BCUT2D eigenvalue weighted by molar-refractivity contribution is 6.13. The number of ether oxygens (including phenoxy) is 1. The maximum atomic E-state index is 12.8. The van der Waals surface area contributed by atoms with Crippen LogP contribution in [0, 0.1) is 0 Å². The fourth-order valence-corrected chi connectivity index (χ4v) is 4.20. The molecule has 3 heterocycles. The zero-order valence-electron chi connectivity index (χ0n) is 23.1. The van der Waals surface area contributed by atoms with E-state index in [-0.39, 0.29) is 42.8 Å². The summed E-state index contributed by atoms with van der Waals surface area (Å²) in [5.41, 5.74) is 6.63. The minimum absolute atomic E-state index is 0.00441. The van der Waals surface area contributed by atoms with Crippen LogP contribution >= 0.6 is 0 Å². The zero-order valence-corrected chi connectivity index (χ0v) is 23.1. The number of allylic oxidation sites excluding steroid dienone is 2. The summed E-state index contributed by atoms with van der Waals surface area (Å²) in [5, 5.41) is 2.72. The number of primary amides is 1. The Labute approximate surface area is 240 Å². The molecule has 0 fully saturated rings. The van der Waals surface area contributed by atoms with Crippen LogP contribution in [-0.2, 0) is 20.9 Å². The smallest absolute Gasteiger partial charge is 0.295 e. The van der Waals surface area contributed by atoms with Crippen LogP contribution in [0.2, 0.25) is 0 Å². The standard InChI is InChI=1S/C28H30N8O6/c1-3-4-13-36-24-19(32-28(36)33-27(41)26-30-10-5-11-31-26)16-18(25(29)40)17-20(24)42-15-6-12-34(2)21(37)9-14-35-22(38)7-8-23(35)39/h3-5,7-8,10-11,16-17H,6,9,12-15H2,1-2H3,(H2,29,40)(H,32,33,41)/b4-3+. The summed E-state index contributed by atoms with van der Waals surface area (Å²) in [5.74, 6) is -1.85. The Kier molecular flexibility index (Phi) is 9.37. The molecule has 0 radical (unpaired) electrons. The molecule has 3 aromatic rings. The van der Waals surface area contributed by atoms with Gasteiger partial charge in [0.2, 0.25) is 23.6 Å². The number of hydrogen-bond acceptors (Lipinski definition) is 9. The molecule has 0 unspecified atom stereocenters. The summed E-state index contributed by atoms with van der Waals surface area (Å²) < 4.78 is 7.78. The molecule has 42 heavy (non-hydrogen) atoms. The number of carbonyl (C=O) groups is 5. The summed E-state index contributed by atoms with van der Waals surface area (Å²) in [4.78, 5) is 75.7. The lowest BCUT2D eigenvalue weighted by atomic mass is 10.1. The second-order valence-corrected chi connectivity index (χ2v) is 9.28. The van der Waals surface area contributed by atoms with Crippen LogP contribution in [0.3, 0.4) is 0 Å². The van der Waals surface area contributed by atoms with Crippen molar-refractivity contribution >= 4 is 46.5 Å². The Hall–Kier alpha value is -5.40. The number of imidazole rings is 1. The maximum Gasteiger partial charge on any atom is 0.295 e. The Morgan fingerprint density at radius 3 is 2.50 bits per heavy atom. The summed E-state index contributed by atoms with van der Waals surface area (Å²) in [6.07, 6.45) is 9.40. The number of nitrogens with two attached hydrogens (primary N) is 1. The highest BCUT2D eigenvalue weighted by atomic mass is 16.5. The van der Waals surface area contributed by atoms with Crippen LogP contribution in [0.25, 0.3) is 11.0 Å². The van der Waals surface area contributed by atoms with E-state index in [0.717, 1.165) is 4.90 Å². The average Bonchev–Trinajstić information content (AvgIpc) is 3.50. The van der Waals surface area contributed by atoms with Gasteiger partial charge in [0.25, 0.3) is 17.7 Å².